The molecule has 2 unspecified atom stereocenters. The summed E-state index contributed by atoms with van der Waals surface area (Å²) in [7, 11) is 0. The highest BCUT2D eigenvalue weighted by molar-refractivity contribution is 4.76. The molecule has 5 heteroatoms. The molecule has 0 saturated carbocycles. The van der Waals surface area contributed by atoms with Crippen molar-refractivity contribution in [3.63, 3.8) is 0 Å². The van der Waals surface area contributed by atoms with Gasteiger partial charge in [0.25, 0.3) is 0 Å². The molecule has 0 bridgehead atoms. The molecular formula is C10H18O5. The van der Waals surface area contributed by atoms with Crippen LogP contribution in [0.1, 0.15) is 27.7 Å². The number of hydrogen-bond acceptors (Lipinski definition) is 5. The Kier molecular flexibility index (Phi) is 2.77. The van der Waals surface area contributed by atoms with Gasteiger partial charge in [0.15, 0.2) is 12.1 Å². The van der Waals surface area contributed by atoms with Crippen molar-refractivity contribution in [2.24, 2.45) is 0 Å². The highest BCUT2D eigenvalue weighted by Gasteiger charge is 2.53. The minimum atomic E-state index is -1.07. The van der Waals surface area contributed by atoms with Gasteiger partial charge in [0.05, 0.1) is 6.10 Å². The second-order valence-electron chi connectivity index (χ2n) is 4.52. The van der Waals surface area contributed by atoms with Crippen molar-refractivity contribution in [1.82, 2.24) is 0 Å². The van der Waals surface area contributed by atoms with E-state index < -0.39 is 11.8 Å². The third-order valence-electron chi connectivity index (χ3n) is 2.17. The Balaban J connectivity index is 1.92. The van der Waals surface area contributed by atoms with Gasteiger partial charge in [-0.2, -0.15) is 0 Å². The topological polar surface area (TPSA) is 46.2 Å². The zero-order valence-corrected chi connectivity index (χ0v) is 9.61. The van der Waals surface area contributed by atoms with E-state index in [-0.39, 0.29) is 19.0 Å². The Morgan fingerprint density at radius 2 is 2.00 bits per heavy atom. The van der Waals surface area contributed by atoms with E-state index in [0.29, 0.717) is 6.61 Å². The zero-order valence-electron chi connectivity index (χ0n) is 9.61. The first kappa shape index (κ1) is 11.3. The lowest BCUT2D eigenvalue weighted by Gasteiger charge is -2.23. The van der Waals surface area contributed by atoms with Crippen LogP contribution in [0, 0.1) is 0 Å². The van der Waals surface area contributed by atoms with Crippen molar-refractivity contribution >= 4 is 0 Å². The van der Waals surface area contributed by atoms with Crippen molar-refractivity contribution in [3.8, 4) is 0 Å². The largest absolute Gasteiger partial charge is 0.347 e. The molecule has 0 aromatic carbocycles. The predicted octanol–water partition coefficient (Wildman–Crippen LogP) is 1.22. The van der Waals surface area contributed by atoms with Gasteiger partial charge in [-0.3, -0.25) is 9.47 Å². The summed E-state index contributed by atoms with van der Waals surface area (Å²) < 4.78 is 27.5. The van der Waals surface area contributed by atoms with Crippen LogP contribution in [0.4, 0.5) is 0 Å². The quantitative estimate of drug-likeness (QED) is 0.697. The molecule has 0 aromatic rings. The van der Waals surface area contributed by atoms with Gasteiger partial charge in [-0.25, -0.2) is 0 Å². The van der Waals surface area contributed by atoms with Crippen LogP contribution in [0.5, 0.6) is 0 Å². The Morgan fingerprint density at radius 1 is 1.27 bits per heavy atom. The van der Waals surface area contributed by atoms with Gasteiger partial charge in [0.1, 0.15) is 13.2 Å². The molecule has 2 aliphatic rings. The maximum Gasteiger partial charge on any atom is 0.312 e. The van der Waals surface area contributed by atoms with Gasteiger partial charge >= 0.3 is 5.97 Å². The normalized spacial score (nSPS) is 39.4. The molecule has 0 radical (unpaired) electrons. The second-order valence-corrected chi connectivity index (χ2v) is 4.52. The summed E-state index contributed by atoms with van der Waals surface area (Å²) in [6.07, 6.45) is -0.272. The van der Waals surface area contributed by atoms with Crippen LogP contribution in [-0.4, -0.2) is 37.4 Å². The van der Waals surface area contributed by atoms with Gasteiger partial charge in [-0.1, -0.05) is 0 Å². The highest BCUT2D eigenvalue weighted by atomic mass is 17.0. The van der Waals surface area contributed by atoms with E-state index in [1.54, 1.807) is 0 Å². The monoisotopic (exact) mass is 218 g/mol. The molecule has 0 N–H and O–H groups in total. The first-order chi connectivity index (χ1) is 6.91. The van der Waals surface area contributed by atoms with Crippen molar-refractivity contribution in [1.29, 1.82) is 0 Å². The first-order valence-corrected chi connectivity index (χ1v) is 5.22. The predicted molar refractivity (Wildman–Crippen MR) is 50.9 cm³/mol. The van der Waals surface area contributed by atoms with Crippen LogP contribution in [0.25, 0.3) is 0 Å². The van der Waals surface area contributed by atoms with E-state index in [9.17, 15) is 0 Å². The van der Waals surface area contributed by atoms with Crippen LogP contribution < -0.4 is 0 Å². The second kappa shape index (κ2) is 3.68. The molecule has 2 saturated heterocycles. The fourth-order valence-corrected chi connectivity index (χ4v) is 1.66. The van der Waals surface area contributed by atoms with Crippen molar-refractivity contribution in [2.45, 2.75) is 51.8 Å². The average molecular weight is 218 g/mol. The standard InChI is InChI=1S/C10H18O5/c1-7(2)13-8-5-11-10(14-8)6-12-9(3,4)15-10/h7-8H,5-6H2,1-4H3. The molecule has 2 heterocycles. The Morgan fingerprint density at radius 3 is 2.53 bits per heavy atom. The van der Waals surface area contributed by atoms with Crippen molar-refractivity contribution in [3.05, 3.63) is 0 Å². The SMILES string of the molecule is CC(C)OC1COC2(COC(C)(C)O2)O1. The number of ether oxygens (including phenoxy) is 5. The molecule has 5 nitrogen and oxygen atoms in total. The first-order valence-electron chi connectivity index (χ1n) is 5.22. The Hall–Kier alpha value is -0.200. The van der Waals surface area contributed by atoms with E-state index in [2.05, 4.69) is 0 Å². The van der Waals surface area contributed by atoms with Crippen LogP contribution in [0.3, 0.4) is 0 Å². The fourth-order valence-electron chi connectivity index (χ4n) is 1.66. The Bertz CT molecular complexity index is 240. The van der Waals surface area contributed by atoms with Crippen LogP contribution in [-0.2, 0) is 23.7 Å². The molecule has 2 atom stereocenters. The number of hydrogen-bond donors (Lipinski definition) is 0. The lowest BCUT2D eigenvalue weighted by atomic mass is 10.4. The summed E-state index contributed by atoms with van der Waals surface area (Å²) in [6.45, 7) is 8.19. The van der Waals surface area contributed by atoms with Crippen molar-refractivity contribution in [2.75, 3.05) is 13.2 Å². The number of rotatable bonds is 2. The Labute approximate surface area is 89.6 Å². The fraction of sp³-hybridized carbons (Fsp3) is 1.00. The lowest BCUT2D eigenvalue weighted by molar-refractivity contribution is -0.350. The summed E-state index contributed by atoms with van der Waals surface area (Å²) in [4.78, 5) is 0. The van der Waals surface area contributed by atoms with E-state index >= 15 is 0 Å². The maximum atomic E-state index is 5.56. The average Bonchev–Trinajstić information content (AvgIpc) is 2.57. The molecule has 0 aliphatic carbocycles. The zero-order chi connectivity index (χ0) is 11.1. The smallest absolute Gasteiger partial charge is 0.312 e. The van der Waals surface area contributed by atoms with E-state index in [1.807, 2.05) is 27.7 Å². The highest BCUT2D eigenvalue weighted by Crippen LogP contribution is 2.37. The minimum absolute atomic E-state index is 0.101. The van der Waals surface area contributed by atoms with E-state index in [4.69, 9.17) is 23.7 Å². The van der Waals surface area contributed by atoms with Crippen molar-refractivity contribution < 1.29 is 23.7 Å². The summed E-state index contributed by atoms with van der Waals surface area (Å²) in [5.74, 6) is -1.73. The molecular weight excluding hydrogens is 200 g/mol. The molecule has 2 rings (SSSR count). The van der Waals surface area contributed by atoms with Gasteiger partial charge in [0.2, 0.25) is 0 Å². The summed E-state index contributed by atoms with van der Waals surface area (Å²) in [6, 6.07) is 0. The molecule has 88 valence electrons. The molecule has 0 amide bonds. The maximum absolute atomic E-state index is 5.56. The van der Waals surface area contributed by atoms with E-state index in [0.717, 1.165) is 0 Å². The van der Waals surface area contributed by atoms with Gasteiger partial charge in [-0.15, -0.1) is 0 Å². The third kappa shape index (κ3) is 2.49. The molecule has 1 spiro atoms. The van der Waals surface area contributed by atoms with E-state index in [1.165, 1.54) is 0 Å². The summed E-state index contributed by atoms with van der Waals surface area (Å²) in [5, 5.41) is 0. The van der Waals surface area contributed by atoms with Gasteiger partial charge in [-0.05, 0) is 27.7 Å². The van der Waals surface area contributed by atoms with Gasteiger partial charge in [0, 0.05) is 0 Å². The molecule has 15 heavy (non-hydrogen) atoms. The van der Waals surface area contributed by atoms with Crippen LogP contribution >= 0.6 is 0 Å². The minimum Gasteiger partial charge on any atom is -0.347 e. The summed E-state index contributed by atoms with van der Waals surface area (Å²) >= 11 is 0. The molecule has 2 fully saturated rings. The summed E-state index contributed by atoms with van der Waals surface area (Å²) in [5.41, 5.74) is 0. The van der Waals surface area contributed by atoms with Crippen LogP contribution in [0.2, 0.25) is 0 Å². The lowest BCUT2D eigenvalue weighted by Crippen LogP contribution is -2.36. The molecule has 0 aromatic heterocycles. The molecule has 2 aliphatic heterocycles. The van der Waals surface area contributed by atoms with Gasteiger partial charge < -0.3 is 14.2 Å². The third-order valence-corrected chi connectivity index (χ3v) is 2.17. The van der Waals surface area contributed by atoms with Crippen LogP contribution in [0.15, 0.2) is 0 Å².